The highest BCUT2D eigenvalue weighted by molar-refractivity contribution is 6.21. The van der Waals surface area contributed by atoms with Crippen LogP contribution in [0.1, 0.15) is 26.7 Å². The molecule has 0 spiro atoms. The van der Waals surface area contributed by atoms with Gasteiger partial charge in [0.25, 0.3) is 0 Å². The third-order valence-corrected chi connectivity index (χ3v) is 2.41. The molecule has 0 radical (unpaired) electrons. The van der Waals surface area contributed by atoms with Crippen LogP contribution in [0.25, 0.3) is 0 Å². The molecule has 1 heterocycles. The second kappa shape index (κ2) is 3.59. The lowest BCUT2D eigenvalue weighted by Gasteiger charge is -2.30. The lowest BCUT2D eigenvalue weighted by Crippen LogP contribution is -2.34. The maximum absolute atomic E-state index is 6.05. The van der Waals surface area contributed by atoms with Crippen LogP contribution in [-0.2, 0) is 4.74 Å². The van der Waals surface area contributed by atoms with E-state index >= 15 is 0 Å². The maximum Gasteiger partial charge on any atom is 0.0761 e. The number of hydrogen-bond donors (Lipinski definition) is 0. The van der Waals surface area contributed by atoms with Gasteiger partial charge in [-0.1, -0.05) is 13.8 Å². The summed E-state index contributed by atoms with van der Waals surface area (Å²) >= 11 is 6.05. The van der Waals surface area contributed by atoms with E-state index in [2.05, 4.69) is 13.8 Å². The first-order valence-corrected chi connectivity index (χ1v) is 4.41. The van der Waals surface area contributed by atoms with Gasteiger partial charge in [-0.25, -0.2) is 0 Å². The minimum Gasteiger partial charge on any atom is -0.376 e. The molecule has 2 unspecified atom stereocenters. The van der Waals surface area contributed by atoms with Crippen LogP contribution in [0.2, 0.25) is 0 Å². The third kappa shape index (κ3) is 1.86. The van der Waals surface area contributed by atoms with E-state index in [1.165, 1.54) is 0 Å². The van der Waals surface area contributed by atoms with Crippen molar-refractivity contribution in [1.82, 2.24) is 0 Å². The highest BCUT2D eigenvalue weighted by atomic mass is 35.5. The molecule has 0 N–H and O–H groups in total. The highest BCUT2D eigenvalue weighted by Crippen LogP contribution is 2.24. The maximum atomic E-state index is 6.05. The molecule has 1 rings (SSSR count). The first kappa shape index (κ1) is 8.35. The van der Waals surface area contributed by atoms with Gasteiger partial charge in [0.15, 0.2) is 0 Å². The van der Waals surface area contributed by atoms with Crippen molar-refractivity contribution in [2.24, 2.45) is 5.92 Å². The van der Waals surface area contributed by atoms with Gasteiger partial charge in [-0.05, 0) is 18.8 Å². The molecule has 1 aliphatic heterocycles. The van der Waals surface area contributed by atoms with Crippen molar-refractivity contribution in [3.63, 3.8) is 0 Å². The zero-order chi connectivity index (χ0) is 7.56. The number of ether oxygens (including phenoxy) is 1. The Hall–Kier alpha value is 0.250. The van der Waals surface area contributed by atoms with Crippen molar-refractivity contribution in [3.05, 3.63) is 0 Å². The van der Waals surface area contributed by atoms with Crippen LogP contribution in [0.3, 0.4) is 0 Å². The van der Waals surface area contributed by atoms with Crippen LogP contribution in [0, 0.1) is 5.92 Å². The van der Waals surface area contributed by atoms with Crippen molar-refractivity contribution in [1.29, 1.82) is 0 Å². The van der Waals surface area contributed by atoms with Gasteiger partial charge >= 0.3 is 0 Å². The van der Waals surface area contributed by atoms with Gasteiger partial charge in [0.2, 0.25) is 0 Å². The van der Waals surface area contributed by atoms with Gasteiger partial charge in [0.05, 0.1) is 11.5 Å². The second-order valence-electron chi connectivity index (χ2n) is 3.24. The summed E-state index contributed by atoms with van der Waals surface area (Å²) in [5, 5.41) is 0.244. The summed E-state index contributed by atoms with van der Waals surface area (Å²) < 4.78 is 5.52. The van der Waals surface area contributed by atoms with E-state index in [1.807, 2.05) is 0 Å². The van der Waals surface area contributed by atoms with Gasteiger partial charge in [0.1, 0.15) is 0 Å². The van der Waals surface area contributed by atoms with Gasteiger partial charge < -0.3 is 4.74 Å². The van der Waals surface area contributed by atoms with Crippen molar-refractivity contribution in [2.45, 2.75) is 38.2 Å². The Morgan fingerprint density at radius 3 is 2.60 bits per heavy atom. The Morgan fingerprint density at radius 2 is 2.20 bits per heavy atom. The van der Waals surface area contributed by atoms with Gasteiger partial charge in [-0.3, -0.25) is 0 Å². The summed E-state index contributed by atoms with van der Waals surface area (Å²) in [6, 6.07) is 0. The van der Waals surface area contributed by atoms with Gasteiger partial charge in [-0.15, -0.1) is 11.6 Å². The topological polar surface area (TPSA) is 9.23 Å². The Bertz CT molecular complexity index is 103. The fourth-order valence-electron chi connectivity index (χ4n) is 1.38. The molecular formula is C8H15ClO. The first-order chi connectivity index (χ1) is 4.72. The average molecular weight is 163 g/mol. The lowest BCUT2D eigenvalue weighted by atomic mass is 9.99. The SMILES string of the molecule is CC(C)C1OCCCC1Cl. The van der Waals surface area contributed by atoms with Crippen molar-refractivity contribution in [2.75, 3.05) is 6.61 Å². The van der Waals surface area contributed by atoms with Crippen molar-refractivity contribution in [3.8, 4) is 0 Å². The van der Waals surface area contributed by atoms with Crippen LogP contribution in [0.5, 0.6) is 0 Å². The number of rotatable bonds is 1. The van der Waals surface area contributed by atoms with Crippen LogP contribution in [0.15, 0.2) is 0 Å². The van der Waals surface area contributed by atoms with Crippen LogP contribution in [-0.4, -0.2) is 18.1 Å². The Balaban J connectivity index is 2.40. The van der Waals surface area contributed by atoms with Crippen LogP contribution < -0.4 is 0 Å². The largest absolute Gasteiger partial charge is 0.376 e. The van der Waals surface area contributed by atoms with Crippen molar-refractivity contribution < 1.29 is 4.74 Å². The molecule has 0 aromatic rings. The molecule has 0 saturated carbocycles. The van der Waals surface area contributed by atoms with E-state index in [1.54, 1.807) is 0 Å². The minimum atomic E-state index is 0.244. The summed E-state index contributed by atoms with van der Waals surface area (Å²) in [5.74, 6) is 0.558. The summed E-state index contributed by atoms with van der Waals surface area (Å²) in [6.45, 7) is 5.21. The summed E-state index contributed by atoms with van der Waals surface area (Å²) in [6.07, 6.45) is 2.53. The molecule has 1 fully saturated rings. The van der Waals surface area contributed by atoms with Gasteiger partial charge in [0, 0.05) is 6.61 Å². The third-order valence-electron chi connectivity index (χ3n) is 1.95. The van der Waals surface area contributed by atoms with Crippen LogP contribution in [0.4, 0.5) is 0 Å². The zero-order valence-corrected chi connectivity index (χ0v) is 7.40. The molecule has 60 valence electrons. The zero-order valence-electron chi connectivity index (χ0n) is 6.64. The number of halogens is 1. The molecule has 0 aromatic heterocycles. The molecule has 2 atom stereocenters. The molecule has 1 nitrogen and oxygen atoms in total. The van der Waals surface area contributed by atoms with E-state index < -0.39 is 0 Å². The molecule has 1 aliphatic rings. The molecule has 0 aliphatic carbocycles. The van der Waals surface area contributed by atoms with E-state index in [4.69, 9.17) is 16.3 Å². The molecular weight excluding hydrogens is 148 g/mol. The Morgan fingerprint density at radius 1 is 1.50 bits per heavy atom. The average Bonchev–Trinajstić information content (AvgIpc) is 1.88. The molecule has 1 saturated heterocycles. The van der Waals surface area contributed by atoms with E-state index in [-0.39, 0.29) is 11.5 Å². The fraction of sp³-hybridized carbons (Fsp3) is 1.00. The minimum absolute atomic E-state index is 0.244. The first-order valence-electron chi connectivity index (χ1n) is 3.97. The molecule has 0 amide bonds. The lowest BCUT2D eigenvalue weighted by molar-refractivity contribution is -0.00821. The smallest absolute Gasteiger partial charge is 0.0761 e. The second-order valence-corrected chi connectivity index (χ2v) is 3.80. The van der Waals surface area contributed by atoms with Gasteiger partial charge in [-0.2, -0.15) is 0 Å². The molecule has 0 aromatic carbocycles. The number of alkyl halides is 1. The molecule has 2 heteroatoms. The summed E-state index contributed by atoms with van der Waals surface area (Å²) in [4.78, 5) is 0. The predicted octanol–water partition coefficient (Wildman–Crippen LogP) is 2.43. The van der Waals surface area contributed by atoms with Crippen LogP contribution >= 0.6 is 11.6 Å². The fourth-order valence-corrected chi connectivity index (χ4v) is 1.89. The van der Waals surface area contributed by atoms with E-state index in [0.29, 0.717) is 5.92 Å². The quantitative estimate of drug-likeness (QED) is 0.539. The molecule has 10 heavy (non-hydrogen) atoms. The molecule has 0 bridgehead atoms. The van der Waals surface area contributed by atoms with Crippen molar-refractivity contribution >= 4 is 11.6 Å². The van der Waals surface area contributed by atoms with E-state index in [9.17, 15) is 0 Å². The normalized spacial score (nSPS) is 34.8. The summed E-state index contributed by atoms with van der Waals surface area (Å²) in [5.41, 5.74) is 0. The number of hydrogen-bond acceptors (Lipinski definition) is 1. The van der Waals surface area contributed by atoms with E-state index in [0.717, 1.165) is 19.4 Å². The Kier molecular flexibility index (Phi) is 2.99. The summed E-state index contributed by atoms with van der Waals surface area (Å²) in [7, 11) is 0. The highest BCUT2D eigenvalue weighted by Gasteiger charge is 2.26. The predicted molar refractivity (Wildman–Crippen MR) is 43.5 cm³/mol. The Labute approximate surface area is 67.7 Å². The monoisotopic (exact) mass is 162 g/mol. The standard InChI is InChI=1S/C8H15ClO/c1-6(2)8-7(9)4-3-5-10-8/h6-8H,3-5H2,1-2H3.